The van der Waals surface area contributed by atoms with Gasteiger partial charge in [0.1, 0.15) is 80.7 Å². The fourth-order valence-corrected chi connectivity index (χ4v) is 15.9. The van der Waals surface area contributed by atoms with Gasteiger partial charge >= 0.3 is 30.1 Å². The second-order valence-electron chi connectivity index (χ2n) is 26.9. The van der Waals surface area contributed by atoms with Crippen LogP contribution in [-0.2, 0) is 19.2 Å². The molecule has 0 radical (unpaired) electrons. The summed E-state index contributed by atoms with van der Waals surface area (Å²) in [6, 6.07) is 62.2. The molecule has 7 aliphatic heterocycles. The molecule has 10 aromatic rings. The fraction of sp³-hybridized carbons (Fsp3) is 0.256. The molecule has 17 rings (SSSR count). The predicted octanol–water partition coefficient (Wildman–Crippen LogP) is 25.3. The van der Waals surface area contributed by atoms with E-state index in [0.717, 1.165) is 80.1 Å². The maximum absolute atomic E-state index is 13.1. The van der Waals surface area contributed by atoms with Crippen LogP contribution in [0.25, 0.3) is 27.5 Å². The SMILES string of the molecule is Cl.ClCCl.ClCCl.N#Cc1ccc(Br)cc1F.N#Cc1ccc(Br)cc1Oc1ccccc1.O=C(N1C2CCC1CC(=C1c3ccccc3Oc3cc(Br)ccc31)C2)C(F)(F)F.O=C(O)c1ccc(Br)cc1Oc1ccccc1.O=C1CC2CCC(C1)N2.O=C1CC2CCC(C1)N2C(=O)C(F)(F)F.O=c1c2ccccc2oc2cc(Br)ccc12. The van der Waals surface area contributed by atoms with Gasteiger partial charge in [0, 0.05) is 95.4 Å². The van der Waals surface area contributed by atoms with Crippen LogP contribution in [0.4, 0.5) is 30.7 Å². The number of rotatable bonds is 5. The van der Waals surface area contributed by atoms with Crippen molar-refractivity contribution >= 4 is 195 Å². The lowest BCUT2D eigenvalue weighted by atomic mass is 9.84. The minimum absolute atomic E-state index is 0. The molecule has 6 fully saturated rings. The average molecular weight is 2060 g/mol. The van der Waals surface area contributed by atoms with E-state index in [1.165, 1.54) is 31.0 Å². The van der Waals surface area contributed by atoms with Gasteiger partial charge in [0.25, 0.3) is 0 Å². The number of carbonyl (C=O) groups excluding carboxylic acids is 4. The number of benzene rings is 9. The quantitative estimate of drug-likeness (QED) is 0.0928. The van der Waals surface area contributed by atoms with Crippen molar-refractivity contribution < 1.29 is 78.4 Å². The number of carboxylic acid groups (broad SMARTS) is 1. The van der Waals surface area contributed by atoms with Crippen molar-refractivity contribution in [2.45, 2.75) is 126 Å². The number of para-hydroxylation sites is 4. The summed E-state index contributed by atoms with van der Waals surface area (Å²) in [6.45, 7) is 0. The number of piperidine rings is 3. The van der Waals surface area contributed by atoms with Crippen molar-refractivity contribution in [3.05, 3.63) is 272 Å². The highest BCUT2D eigenvalue weighted by Gasteiger charge is 2.53. The Morgan fingerprint density at radius 1 is 0.487 bits per heavy atom. The van der Waals surface area contributed by atoms with E-state index in [0.29, 0.717) is 106 Å². The molecule has 6 bridgehead atoms. The zero-order chi connectivity index (χ0) is 85.5. The molecule has 0 saturated carbocycles. The minimum Gasteiger partial charge on any atom is -0.478 e. The molecule has 7 aliphatic rings. The van der Waals surface area contributed by atoms with E-state index in [2.05, 4.69) is 91.0 Å². The summed E-state index contributed by atoms with van der Waals surface area (Å²) in [6.07, 6.45) is -2.32. The first-order valence-electron chi connectivity index (χ1n) is 36.1. The Kier molecular flexibility index (Phi) is 36.7. The number of ketones is 2. The van der Waals surface area contributed by atoms with Crippen LogP contribution >= 0.6 is 138 Å². The van der Waals surface area contributed by atoms with E-state index < -0.39 is 60.1 Å². The van der Waals surface area contributed by atoms with Crippen molar-refractivity contribution in [2.24, 2.45) is 0 Å². The van der Waals surface area contributed by atoms with Crippen molar-refractivity contribution in [1.82, 2.24) is 15.1 Å². The van der Waals surface area contributed by atoms with Crippen molar-refractivity contribution in [1.29, 1.82) is 10.5 Å². The normalized spacial score (nSPS) is 17.8. The molecule has 1 aromatic heterocycles. The molecule has 2 N–H and O–H groups in total. The number of ether oxygens (including phenoxy) is 3. The van der Waals surface area contributed by atoms with Crippen LogP contribution in [0.15, 0.2) is 237 Å². The average Bonchev–Trinajstić information content (AvgIpc) is 1.73. The Labute approximate surface area is 747 Å². The smallest absolute Gasteiger partial charge is 0.471 e. The summed E-state index contributed by atoms with van der Waals surface area (Å²) in [4.78, 5) is 70.1. The number of carboxylic acids is 1. The largest absolute Gasteiger partial charge is 0.478 e. The Balaban J connectivity index is 0.000000176. The van der Waals surface area contributed by atoms with Gasteiger partial charge < -0.3 is 38.9 Å². The first-order chi connectivity index (χ1) is 56.3. The lowest BCUT2D eigenvalue weighted by molar-refractivity contribution is -0.189. The van der Waals surface area contributed by atoms with Gasteiger partial charge in [-0.3, -0.25) is 24.0 Å². The van der Waals surface area contributed by atoms with Crippen LogP contribution in [0, 0.1) is 28.5 Å². The van der Waals surface area contributed by atoms with Gasteiger partial charge in [0.05, 0.1) is 32.6 Å². The van der Waals surface area contributed by atoms with Gasteiger partial charge in [-0.1, -0.05) is 152 Å². The highest BCUT2D eigenvalue weighted by Crippen LogP contribution is 2.51. The molecule has 6 unspecified atom stereocenters. The lowest BCUT2D eigenvalue weighted by Crippen LogP contribution is -2.51. The van der Waals surface area contributed by atoms with Crippen molar-refractivity contribution in [2.75, 3.05) is 10.7 Å². The maximum atomic E-state index is 13.1. The molecule has 8 heterocycles. The number of aromatic carboxylic acids is 1. The molecule has 0 aliphatic carbocycles. The molecular weight excluding hydrogens is 1990 g/mol. The lowest BCUT2D eigenvalue weighted by Gasteiger charge is -2.38. The third kappa shape index (κ3) is 26.8. The van der Waals surface area contributed by atoms with E-state index in [1.54, 1.807) is 66.7 Å². The number of nitriles is 2. The summed E-state index contributed by atoms with van der Waals surface area (Å²) in [5.41, 5.74) is 6.01. The van der Waals surface area contributed by atoms with Gasteiger partial charge in [-0.25, -0.2) is 9.18 Å². The zero-order valence-corrected chi connectivity index (χ0v) is 74.0. The molecule has 33 heteroatoms. The van der Waals surface area contributed by atoms with E-state index >= 15 is 0 Å². The van der Waals surface area contributed by atoms with Gasteiger partial charge in [-0.15, -0.1) is 58.8 Å². The Bertz CT molecular complexity index is 5390. The highest BCUT2D eigenvalue weighted by atomic mass is 79.9. The Hall–Kier alpha value is -8.36. The molecule has 16 nitrogen and oxygen atoms in total. The molecule has 0 spiro atoms. The topological polar surface area (TPSA) is 230 Å². The van der Waals surface area contributed by atoms with E-state index in [4.69, 9.17) is 80.7 Å². The number of nitrogens with zero attached hydrogens (tertiary/aromatic N) is 4. The van der Waals surface area contributed by atoms with Crippen LogP contribution in [0.1, 0.15) is 110 Å². The summed E-state index contributed by atoms with van der Waals surface area (Å²) >= 11 is 35.6. The van der Waals surface area contributed by atoms with E-state index in [1.807, 2.05) is 121 Å². The van der Waals surface area contributed by atoms with Gasteiger partial charge in [0.2, 0.25) is 5.43 Å². The first-order valence-corrected chi connectivity index (χ1v) is 42.2. The summed E-state index contributed by atoms with van der Waals surface area (Å²) in [5, 5.41) is 31.3. The second kappa shape index (κ2) is 45.5. The number of halogens is 17. The standard InChI is InChI=1S/C22H17BrF3NO2.C13H8BrNO.C13H9BrO3.C13H7BrO2.C9H10F3NO2.C7H3BrFN.C7H11NO.2CH2Cl2.ClH/c23-13-5-8-17-19(11-13)29-18-4-2-1-3-16(18)20(17)12-9-14-6-7-15(10-12)27(14)21(28)22(24,25)26;14-11-7-6-10(9-15)13(8-11)16-12-4-2-1-3-5-12;14-9-6-7-11(13(15)16)12(8-9)17-10-4-2-1-3-5-10;14-8-5-6-10-12(7-8)16-11-4-2-1-3-9(11)13(10)15;10-9(11,12)8(15)13-5-1-2-6(13)4-7(14)3-5;8-6-2-1-5(4-10)7(9)3-6;9-7-3-5-1-2-6(4-7)8-5;2*2-1-3;/h1-5,8,11,14-15H,6-7,9-10H2;1-8H;1-8H,(H,15,16);1-7H;5-6H,1-4H2;1-3H;5-6,8H,1-4H2;2*1H2;1H. The van der Waals surface area contributed by atoms with Gasteiger partial charge in [0.15, 0.2) is 0 Å². The summed E-state index contributed by atoms with van der Waals surface area (Å²) < 4.78 is 116. The van der Waals surface area contributed by atoms with Crippen LogP contribution in [0.2, 0.25) is 0 Å². The zero-order valence-electron chi connectivity index (χ0n) is 62.2. The third-order valence-corrected chi connectivity index (χ3v) is 21.5. The van der Waals surface area contributed by atoms with Crippen LogP contribution in [0.3, 0.4) is 0 Å². The number of carbonyl (C=O) groups is 5. The monoisotopic (exact) mass is 2050 g/mol. The molecule has 9 aromatic carbocycles. The molecule has 6 saturated heterocycles. The second-order valence-corrected chi connectivity index (χ2v) is 33.1. The number of hydrogen-bond acceptors (Lipinski definition) is 13. The van der Waals surface area contributed by atoms with Crippen LogP contribution in [0.5, 0.6) is 34.5 Å². The highest BCUT2D eigenvalue weighted by molar-refractivity contribution is 9.11. The van der Waals surface area contributed by atoms with Gasteiger partial charge in [-0.05, 0) is 190 Å². The molecular formula is C86H70Br5Cl5F7N5O11. The number of Topliss-reactive ketones (excluding diaryl/α,β-unsaturated/α-hetero) is 2. The van der Waals surface area contributed by atoms with Crippen molar-refractivity contribution in [3.8, 4) is 46.6 Å². The van der Waals surface area contributed by atoms with E-state index in [-0.39, 0.29) is 58.3 Å². The Morgan fingerprint density at radius 3 is 1.44 bits per heavy atom. The molecule has 2 amide bonds. The predicted molar refractivity (Wildman–Crippen MR) is 464 cm³/mol. The first kappa shape index (κ1) is 96.1. The fourth-order valence-electron chi connectivity index (χ4n) is 14.2. The third-order valence-electron chi connectivity index (χ3n) is 19.1. The number of amides is 2. The van der Waals surface area contributed by atoms with Crippen molar-refractivity contribution in [3.63, 3.8) is 0 Å². The number of hydrogen-bond donors (Lipinski definition) is 2. The summed E-state index contributed by atoms with van der Waals surface area (Å²) in [5.74, 6) is -0.904. The van der Waals surface area contributed by atoms with Gasteiger partial charge in [-0.2, -0.15) is 36.9 Å². The number of nitrogens with one attached hydrogen (secondary N) is 1. The maximum Gasteiger partial charge on any atom is 0.471 e. The number of alkyl halides is 10. The van der Waals surface area contributed by atoms with Crippen LogP contribution in [-0.4, -0.2) is 104 Å². The summed E-state index contributed by atoms with van der Waals surface area (Å²) in [7, 11) is 0. The molecule has 624 valence electrons. The molecule has 119 heavy (non-hydrogen) atoms. The van der Waals surface area contributed by atoms with E-state index in [9.17, 15) is 59.5 Å². The van der Waals surface area contributed by atoms with Crippen LogP contribution < -0.4 is 25.0 Å². The molecule has 6 atom stereocenters. The Morgan fingerprint density at radius 2 is 0.908 bits per heavy atom. The minimum atomic E-state index is -4.82. The number of fused-ring (bicyclic) bond motifs is 10.